The van der Waals surface area contributed by atoms with Crippen molar-refractivity contribution in [1.29, 1.82) is 0 Å². The Hall–Kier alpha value is -0.640. The summed E-state index contributed by atoms with van der Waals surface area (Å²) in [6.07, 6.45) is 1.59. The molecule has 0 spiro atoms. The van der Waals surface area contributed by atoms with Crippen LogP contribution in [0.25, 0.3) is 0 Å². The van der Waals surface area contributed by atoms with Crippen LogP contribution in [0.5, 0.6) is 0 Å². The summed E-state index contributed by atoms with van der Waals surface area (Å²) < 4.78 is 0. The molecule has 0 aliphatic carbocycles. The zero-order valence-electron chi connectivity index (χ0n) is 7.50. The summed E-state index contributed by atoms with van der Waals surface area (Å²) in [5.41, 5.74) is 6.97. The lowest BCUT2D eigenvalue weighted by Gasteiger charge is -2.09. The van der Waals surface area contributed by atoms with Gasteiger partial charge in [0.2, 0.25) is 0 Å². The molecule has 0 fully saturated rings. The minimum atomic E-state index is -0.534. The van der Waals surface area contributed by atoms with Crippen LogP contribution in [0.4, 0.5) is 0 Å². The number of halogens is 1. The number of aliphatic hydroxyl groups is 1. The average molecular weight is 201 g/mol. The van der Waals surface area contributed by atoms with Gasteiger partial charge in [0.15, 0.2) is 0 Å². The van der Waals surface area contributed by atoms with E-state index in [0.29, 0.717) is 18.1 Å². The normalized spacial score (nSPS) is 12.9. The van der Waals surface area contributed by atoms with Gasteiger partial charge in [-0.1, -0.05) is 11.6 Å². The lowest BCUT2D eigenvalue weighted by molar-refractivity contribution is 0.170. The highest BCUT2D eigenvalue weighted by atomic mass is 35.5. The molecule has 72 valence electrons. The number of pyridine rings is 1. The number of aromatic nitrogens is 1. The van der Waals surface area contributed by atoms with Gasteiger partial charge in [-0.25, -0.2) is 4.98 Å². The van der Waals surface area contributed by atoms with E-state index in [1.807, 2.05) is 13.0 Å². The predicted molar refractivity (Wildman–Crippen MR) is 52.6 cm³/mol. The smallest absolute Gasteiger partial charge is 0.131 e. The molecule has 4 heteroatoms. The van der Waals surface area contributed by atoms with Crippen molar-refractivity contribution < 1.29 is 5.11 Å². The molecule has 0 bridgehead atoms. The molecule has 0 aliphatic heterocycles. The lowest BCUT2D eigenvalue weighted by atomic mass is 10.1. The molecule has 0 aliphatic rings. The van der Waals surface area contributed by atoms with Gasteiger partial charge >= 0.3 is 0 Å². The highest BCUT2D eigenvalue weighted by Gasteiger charge is 2.07. The fourth-order valence-corrected chi connectivity index (χ4v) is 1.19. The molecule has 3 N–H and O–H groups in total. The van der Waals surface area contributed by atoms with Gasteiger partial charge in [-0.15, -0.1) is 0 Å². The summed E-state index contributed by atoms with van der Waals surface area (Å²) in [5.74, 6) is 0. The fourth-order valence-electron chi connectivity index (χ4n) is 1.09. The molecule has 0 radical (unpaired) electrons. The van der Waals surface area contributed by atoms with Gasteiger partial charge in [0.25, 0.3) is 0 Å². The molecule has 0 aromatic carbocycles. The molecule has 1 unspecified atom stereocenters. The maximum Gasteiger partial charge on any atom is 0.131 e. The van der Waals surface area contributed by atoms with Crippen LogP contribution in [0.15, 0.2) is 12.3 Å². The van der Waals surface area contributed by atoms with Gasteiger partial charge in [0.1, 0.15) is 5.15 Å². The number of nitrogens with two attached hydrogens (primary N) is 1. The second-order valence-corrected chi connectivity index (χ2v) is 3.33. The first kappa shape index (κ1) is 10.4. The van der Waals surface area contributed by atoms with Crippen LogP contribution >= 0.6 is 11.6 Å². The van der Waals surface area contributed by atoms with Crippen molar-refractivity contribution in [1.82, 2.24) is 4.98 Å². The zero-order chi connectivity index (χ0) is 9.84. The predicted octanol–water partition coefficient (Wildman–Crippen LogP) is 1.43. The highest BCUT2D eigenvalue weighted by molar-refractivity contribution is 6.30. The Morgan fingerprint density at radius 2 is 2.38 bits per heavy atom. The van der Waals surface area contributed by atoms with Crippen LogP contribution in [0.3, 0.4) is 0 Å². The van der Waals surface area contributed by atoms with Crippen molar-refractivity contribution in [3.8, 4) is 0 Å². The Morgan fingerprint density at radius 1 is 1.69 bits per heavy atom. The van der Waals surface area contributed by atoms with Crippen LogP contribution in [0.2, 0.25) is 5.15 Å². The Labute approximate surface area is 82.5 Å². The van der Waals surface area contributed by atoms with E-state index in [2.05, 4.69) is 4.98 Å². The molecule has 1 atom stereocenters. The third-order valence-electron chi connectivity index (χ3n) is 1.86. The molecule has 1 rings (SSSR count). The number of aryl methyl sites for hydroxylation is 1. The second-order valence-electron chi connectivity index (χ2n) is 2.97. The maximum absolute atomic E-state index is 9.57. The van der Waals surface area contributed by atoms with E-state index in [4.69, 9.17) is 17.3 Å². The minimum Gasteiger partial charge on any atom is -0.388 e. The maximum atomic E-state index is 9.57. The summed E-state index contributed by atoms with van der Waals surface area (Å²) in [5, 5.41) is 10.0. The van der Waals surface area contributed by atoms with Crippen molar-refractivity contribution in [2.24, 2.45) is 5.73 Å². The highest BCUT2D eigenvalue weighted by Crippen LogP contribution is 2.19. The summed E-state index contributed by atoms with van der Waals surface area (Å²) in [7, 11) is 0. The summed E-state index contributed by atoms with van der Waals surface area (Å²) in [6, 6.07) is 1.83. The molecular formula is C9H13ClN2O. The van der Waals surface area contributed by atoms with E-state index in [0.717, 1.165) is 11.1 Å². The molecule has 1 aromatic rings. The summed E-state index contributed by atoms with van der Waals surface area (Å²) in [6.45, 7) is 2.32. The standard InChI is InChI=1S/C9H13ClN2O/c1-6-4-7(5-12-9(6)10)8(13)2-3-11/h4-5,8,13H,2-3,11H2,1H3. The van der Waals surface area contributed by atoms with Crippen molar-refractivity contribution in [2.45, 2.75) is 19.4 Å². The van der Waals surface area contributed by atoms with Crippen molar-refractivity contribution >= 4 is 11.6 Å². The SMILES string of the molecule is Cc1cc(C(O)CCN)cnc1Cl. The summed E-state index contributed by atoms with van der Waals surface area (Å²) in [4.78, 5) is 3.95. The number of nitrogens with zero attached hydrogens (tertiary/aromatic N) is 1. The van der Waals surface area contributed by atoms with Gasteiger partial charge in [-0.05, 0) is 37.1 Å². The van der Waals surface area contributed by atoms with E-state index < -0.39 is 6.10 Å². The molecule has 3 nitrogen and oxygen atoms in total. The largest absolute Gasteiger partial charge is 0.388 e. The first-order chi connectivity index (χ1) is 6.15. The summed E-state index contributed by atoms with van der Waals surface area (Å²) >= 11 is 5.74. The number of hydrogen-bond acceptors (Lipinski definition) is 3. The Kier molecular flexibility index (Phi) is 3.66. The molecule has 13 heavy (non-hydrogen) atoms. The average Bonchev–Trinajstić information content (AvgIpc) is 2.10. The Bertz CT molecular complexity index is 291. The van der Waals surface area contributed by atoms with Gasteiger partial charge in [-0.2, -0.15) is 0 Å². The van der Waals surface area contributed by atoms with Crippen LogP contribution in [-0.4, -0.2) is 16.6 Å². The monoisotopic (exact) mass is 200 g/mol. The molecule has 1 heterocycles. The topological polar surface area (TPSA) is 59.1 Å². The van der Waals surface area contributed by atoms with Gasteiger partial charge in [-0.3, -0.25) is 0 Å². The van der Waals surface area contributed by atoms with E-state index >= 15 is 0 Å². The first-order valence-electron chi connectivity index (χ1n) is 4.15. The van der Waals surface area contributed by atoms with E-state index in [1.165, 1.54) is 0 Å². The first-order valence-corrected chi connectivity index (χ1v) is 4.53. The fraction of sp³-hybridized carbons (Fsp3) is 0.444. The zero-order valence-corrected chi connectivity index (χ0v) is 8.25. The molecule has 0 saturated heterocycles. The lowest BCUT2D eigenvalue weighted by Crippen LogP contribution is -2.07. The minimum absolute atomic E-state index is 0.461. The van der Waals surface area contributed by atoms with E-state index in [1.54, 1.807) is 6.20 Å². The Balaban J connectivity index is 2.84. The van der Waals surface area contributed by atoms with Crippen LogP contribution < -0.4 is 5.73 Å². The Morgan fingerprint density at radius 3 is 2.92 bits per heavy atom. The van der Waals surface area contributed by atoms with Crippen molar-refractivity contribution in [3.63, 3.8) is 0 Å². The molecule has 0 saturated carbocycles. The quantitative estimate of drug-likeness (QED) is 0.726. The van der Waals surface area contributed by atoms with Crippen LogP contribution in [0, 0.1) is 6.92 Å². The molecular weight excluding hydrogens is 188 g/mol. The van der Waals surface area contributed by atoms with Crippen molar-refractivity contribution in [3.05, 3.63) is 28.5 Å². The van der Waals surface area contributed by atoms with Gasteiger partial charge in [0, 0.05) is 6.20 Å². The van der Waals surface area contributed by atoms with E-state index in [-0.39, 0.29) is 0 Å². The van der Waals surface area contributed by atoms with Crippen LogP contribution in [0.1, 0.15) is 23.7 Å². The van der Waals surface area contributed by atoms with Gasteiger partial charge in [0.05, 0.1) is 6.10 Å². The number of hydrogen-bond donors (Lipinski definition) is 2. The van der Waals surface area contributed by atoms with Crippen molar-refractivity contribution in [2.75, 3.05) is 6.54 Å². The number of rotatable bonds is 3. The van der Waals surface area contributed by atoms with E-state index in [9.17, 15) is 5.11 Å². The third kappa shape index (κ3) is 2.66. The van der Waals surface area contributed by atoms with Gasteiger partial charge < -0.3 is 10.8 Å². The third-order valence-corrected chi connectivity index (χ3v) is 2.26. The number of aliphatic hydroxyl groups excluding tert-OH is 1. The molecule has 0 amide bonds. The second kappa shape index (κ2) is 4.56. The van der Waals surface area contributed by atoms with Crippen LogP contribution in [-0.2, 0) is 0 Å². The molecule has 1 aromatic heterocycles.